The third kappa shape index (κ3) is 15.7. The van der Waals surface area contributed by atoms with E-state index in [1.807, 2.05) is 76.7 Å². The Morgan fingerprint density at radius 1 is 0.641 bits per heavy atom. The zero-order valence-electron chi connectivity index (χ0n) is 46.2. The molecular formula is C58H72ClIN14O4. The van der Waals surface area contributed by atoms with Crippen molar-refractivity contribution in [2.75, 3.05) is 114 Å². The molecule has 18 nitrogen and oxygen atoms in total. The second-order valence-electron chi connectivity index (χ2n) is 18.3. The maximum Gasteiger partial charge on any atom is 0.247 e. The van der Waals surface area contributed by atoms with Crippen LogP contribution in [0.3, 0.4) is 0 Å². The van der Waals surface area contributed by atoms with E-state index in [1.165, 1.54) is 17.0 Å². The van der Waals surface area contributed by atoms with Crippen LogP contribution in [-0.4, -0.2) is 133 Å². The molecule has 8 rings (SSSR count). The smallest absolute Gasteiger partial charge is 0.247 e. The minimum Gasteiger partial charge on any atom is -0.494 e. The van der Waals surface area contributed by atoms with Crippen LogP contribution in [0.1, 0.15) is 13.8 Å². The highest BCUT2D eigenvalue weighted by atomic mass is 127. The van der Waals surface area contributed by atoms with Crippen molar-refractivity contribution in [3.05, 3.63) is 135 Å². The number of hydrogen-bond acceptors (Lipinski definition) is 15. The van der Waals surface area contributed by atoms with E-state index in [4.69, 9.17) is 36.8 Å². The number of likely N-dealkylation sites (N-methyl/N-ethyl adjacent to an activating group) is 4. The number of aromatic nitrogens is 6. The Morgan fingerprint density at radius 2 is 1.08 bits per heavy atom. The quantitative estimate of drug-likeness (QED) is 0.0230. The summed E-state index contributed by atoms with van der Waals surface area (Å²) in [5.41, 5.74) is 16.9. The Labute approximate surface area is 479 Å². The molecule has 1 amide bonds. The molecule has 0 bridgehead atoms. The van der Waals surface area contributed by atoms with Crippen LogP contribution in [0.15, 0.2) is 135 Å². The van der Waals surface area contributed by atoms with E-state index in [1.54, 1.807) is 26.6 Å². The predicted octanol–water partition coefficient (Wildman–Crippen LogP) is 11.0. The number of benzene rings is 4. The number of allylic oxidation sites excluding steroid dienone is 1. The van der Waals surface area contributed by atoms with Gasteiger partial charge in [-0.3, -0.25) is 9.59 Å². The first-order chi connectivity index (χ1) is 37.0. The Bertz CT molecular complexity index is 3320. The molecule has 8 aromatic rings. The minimum absolute atomic E-state index is 0. The third-order valence-corrected chi connectivity index (χ3v) is 12.6. The van der Waals surface area contributed by atoms with Gasteiger partial charge in [0.15, 0.2) is 0 Å². The number of rotatable bonds is 21. The zero-order chi connectivity index (χ0) is 55.8. The minimum atomic E-state index is -0.509. The van der Waals surface area contributed by atoms with E-state index in [2.05, 4.69) is 145 Å². The first-order valence-corrected chi connectivity index (χ1v) is 25.4. The first kappa shape index (κ1) is 61.1. The molecule has 4 heterocycles. The van der Waals surface area contributed by atoms with Crippen molar-refractivity contribution < 1.29 is 19.1 Å². The number of carbonyl (C=O) groups excluding carboxylic acids is 2. The van der Waals surface area contributed by atoms with Crippen LogP contribution in [0.5, 0.6) is 11.5 Å². The van der Waals surface area contributed by atoms with Crippen LogP contribution in [0.4, 0.5) is 46.0 Å². The van der Waals surface area contributed by atoms with Crippen molar-refractivity contribution in [1.29, 1.82) is 0 Å². The molecule has 0 spiro atoms. The summed E-state index contributed by atoms with van der Waals surface area (Å²) < 4.78 is 15.8. The summed E-state index contributed by atoms with van der Waals surface area (Å²) in [7, 11) is 15.4. The summed E-state index contributed by atoms with van der Waals surface area (Å²) in [6, 6.07) is 28.1. The molecule has 0 radical (unpaired) electrons. The summed E-state index contributed by atoms with van der Waals surface area (Å²) >= 11 is 4.71. The molecule has 78 heavy (non-hydrogen) atoms. The Morgan fingerprint density at radius 3 is 1.50 bits per heavy atom. The van der Waals surface area contributed by atoms with Crippen molar-refractivity contribution in [2.24, 2.45) is 0 Å². The Kier molecular flexibility index (Phi) is 22.8. The van der Waals surface area contributed by atoms with Crippen LogP contribution in [-0.2, 0) is 22.7 Å². The van der Waals surface area contributed by atoms with Crippen molar-refractivity contribution in [1.82, 2.24) is 38.9 Å². The van der Waals surface area contributed by atoms with Gasteiger partial charge in [0.25, 0.3) is 0 Å². The van der Waals surface area contributed by atoms with Crippen LogP contribution in [0.25, 0.3) is 44.3 Å². The molecule has 0 atom stereocenters. The van der Waals surface area contributed by atoms with Gasteiger partial charge in [-0.05, 0) is 102 Å². The van der Waals surface area contributed by atoms with Crippen LogP contribution < -0.4 is 41.0 Å². The number of nitrogens with one attached hydrogen (secondary N) is 3. The number of fused-ring (bicyclic) bond motifs is 2. The zero-order valence-corrected chi connectivity index (χ0v) is 49.3. The molecule has 4 aromatic heterocycles. The van der Waals surface area contributed by atoms with Crippen molar-refractivity contribution in [2.45, 2.75) is 26.9 Å². The lowest BCUT2D eigenvalue weighted by Gasteiger charge is -2.26. The van der Waals surface area contributed by atoms with E-state index in [0.717, 1.165) is 95.8 Å². The van der Waals surface area contributed by atoms with E-state index >= 15 is 0 Å². The third-order valence-electron chi connectivity index (χ3n) is 12.5. The lowest BCUT2D eigenvalue weighted by Crippen LogP contribution is -2.29. The number of ether oxygens (including phenoxy) is 2. The highest BCUT2D eigenvalue weighted by Crippen LogP contribution is 2.40. The maximum atomic E-state index is 12.2. The Hall–Kier alpha value is -7.72. The molecular weight excluding hydrogens is 1120 g/mol. The van der Waals surface area contributed by atoms with Gasteiger partial charge in [0.2, 0.25) is 23.0 Å². The molecule has 4 aromatic carbocycles. The number of hydrogen-bond donors (Lipinski definition) is 4. The molecule has 0 aliphatic heterocycles. The van der Waals surface area contributed by atoms with Gasteiger partial charge in [-0.1, -0.05) is 49.6 Å². The summed E-state index contributed by atoms with van der Waals surface area (Å²) in [5, 5.41) is 11.3. The Balaban J connectivity index is 0.000000262. The first-order valence-electron chi connectivity index (χ1n) is 25.1. The number of aryl methyl sites for hydroxylation is 2. The van der Waals surface area contributed by atoms with Crippen LogP contribution in [0.2, 0.25) is 0 Å². The number of nitrogens with two attached hydrogens (primary N) is 1. The molecule has 0 fully saturated rings. The van der Waals surface area contributed by atoms with Gasteiger partial charge in [0, 0.05) is 123 Å². The fraction of sp³-hybridized carbons (Fsp3) is 0.276. The fourth-order valence-electron chi connectivity index (χ4n) is 8.36. The summed E-state index contributed by atoms with van der Waals surface area (Å²) in [4.78, 5) is 48.7. The van der Waals surface area contributed by atoms with Crippen LogP contribution in [0, 0.1) is 0 Å². The highest BCUT2D eigenvalue weighted by Gasteiger charge is 2.19. The van der Waals surface area contributed by atoms with Crippen molar-refractivity contribution >= 4 is 115 Å². The number of anilines is 8. The second-order valence-corrected chi connectivity index (χ2v) is 18.7. The number of nitrogen functional groups attached to an aromatic ring is 1. The lowest BCUT2D eigenvalue weighted by molar-refractivity contribution is -0.112. The normalized spacial score (nSPS) is 10.7. The van der Waals surface area contributed by atoms with Gasteiger partial charge < -0.3 is 59.9 Å². The standard InChI is InChI=1S/C29H35N7O2.C26H33N7O.C3H3ClO.HI/c1-7-28(37)31-23-17-24(27(38-6)18-26(23)35(5)16-15-34(3)4)33-29-30-14-13-22(32-29)21-19-36(8-2)25-12-10-9-11-20(21)25;1-6-33-17-19(18-9-7-8-10-23(18)33)21-11-12-28-26(29-21)30-22-15-20(27)24(16-25(22)34-5)32(4)14-13-31(2)3;1-2-3(4)5;/h7,9-14,17-19H,1,8,15-16H2,2-6H3,(H,31,37)(H,30,32,33);7-12,15-17H,6,13-14,27H2,1-5H3,(H,28,29,30);2H,1H2;1H. The highest BCUT2D eigenvalue weighted by molar-refractivity contribution is 14.0. The van der Waals surface area contributed by atoms with Gasteiger partial charge in [-0.15, -0.1) is 24.0 Å². The van der Waals surface area contributed by atoms with Gasteiger partial charge in [-0.2, -0.15) is 0 Å². The number of amides is 1. The number of halogens is 2. The summed E-state index contributed by atoms with van der Waals surface area (Å²) in [5.74, 6) is 1.89. The summed E-state index contributed by atoms with van der Waals surface area (Å²) in [6.07, 6.45) is 10.1. The largest absolute Gasteiger partial charge is 0.494 e. The average Bonchev–Trinajstić information content (AvgIpc) is 4.05. The second kappa shape index (κ2) is 29.1. The fourth-order valence-corrected chi connectivity index (χ4v) is 8.36. The van der Waals surface area contributed by atoms with Crippen molar-refractivity contribution in [3.8, 4) is 34.0 Å². The lowest BCUT2D eigenvalue weighted by atomic mass is 10.1. The molecule has 0 aliphatic carbocycles. The number of carbonyl (C=O) groups is 2. The van der Waals surface area contributed by atoms with Gasteiger partial charge in [0.05, 0.1) is 59.7 Å². The van der Waals surface area contributed by atoms with E-state index in [9.17, 15) is 9.59 Å². The predicted molar refractivity (Wildman–Crippen MR) is 333 cm³/mol. The molecule has 0 unspecified atom stereocenters. The molecule has 5 N–H and O–H groups in total. The molecule has 0 saturated carbocycles. The van der Waals surface area contributed by atoms with Gasteiger partial charge in [0.1, 0.15) is 11.5 Å². The summed E-state index contributed by atoms with van der Waals surface area (Å²) in [6.45, 7) is 16.1. The molecule has 0 aliphatic rings. The van der Waals surface area contributed by atoms with Gasteiger partial charge >= 0.3 is 0 Å². The van der Waals surface area contributed by atoms with E-state index in [-0.39, 0.29) is 29.9 Å². The average molecular weight is 1190 g/mol. The monoisotopic (exact) mass is 1190 g/mol. The van der Waals surface area contributed by atoms with Gasteiger partial charge in [-0.25, -0.2) is 19.9 Å². The van der Waals surface area contributed by atoms with Crippen LogP contribution >= 0.6 is 35.6 Å². The van der Waals surface area contributed by atoms with E-state index in [0.29, 0.717) is 40.5 Å². The topological polar surface area (TPSA) is 189 Å². The SMILES string of the molecule is C=CC(=O)Cl.C=CC(=O)Nc1cc(Nc2nccc(-c3cn(CC)c4ccccc34)n2)c(OC)cc1N(C)CCN(C)C.CCn1cc(-c2ccnc(Nc3cc(N)c(N(C)CCN(C)C)cc3OC)n2)c2ccccc21.I. The van der Waals surface area contributed by atoms with E-state index < -0.39 is 5.24 Å². The molecule has 412 valence electrons. The molecule has 0 saturated heterocycles. The number of para-hydroxylation sites is 2. The van der Waals surface area contributed by atoms with Crippen molar-refractivity contribution in [3.63, 3.8) is 0 Å². The maximum absolute atomic E-state index is 12.2. The number of methoxy groups -OCH3 is 2. The molecule has 20 heteroatoms. The number of nitrogens with zero attached hydrogens (tertiary/aromatic N) is 10.